The van der Waals surface area contributed by atoms with Gasteiger partial charge in [0.2, 0.25) is 0 Å². The van der Waals surface area contributed by atoms with E-state index in [1.54, 1.807) is 12.1 Å². The Bertz CT molecular complexity index is 273. The minimum atomic E-state index is -0.306. The second kappa shape index (κ2) is 3.62. The fraction of sp³-hybridized carbons (Fsp3) is 0.125. The maximum absolute atomic E-state index is 12.6. The van der Waals surface area contributed by atoms with Gasteiger partial charge in [0.1, 0.15) is 12.1 Å². The summed E-state index contributed by atoms with van der Waals surface area (Å²) in [6.45, 7) is 0. The van der Waals surface area contributed by atoms with Crippen molar-refractivity contribution >= 4 is 22.2 Å². The first-order chi connectivity index (χ1) is 5.24. The highest BCUT2D eigenvalue weighted by molar-refractivity contribution is 9.10. The first-order valence-corrected chi connectivity index (χ1v) is 3.91. The highest BCUT2D eigenvalue weighted by Crippen LogP contribution is 2.16. The number of carbonyl (C=O) groups is 1. The number of hydrogen-bond acceptors (Lipinski definition) is 1. The summed E-state index contributed by atoms with van der Waals surface area (Å²) >= 11 is 3.03. The largest absolute Gasteiger partial charge is 0.303 e. The third-order valence-corrected chi connectivity index (χ3v) is 1.91. The summed E-state index contributed by atoms with van der Waals surface area (Å²) in [5.41, 5.74) is 0.813. The van der Waals surface area contributed by atoms with Crippen LogP contribution in [0.2, 0.25) is 0 Å². The molecule has 0 heterocycles. The molecule has 0 spiro atoms. The molecule has 0 saturated heterocycles. The van der Waals surface area contributed by atoms with E-state index < -0.39 is 0 Å². The van der Waals surface area contributed by atoms with Gasteiger partial charge in [-0.1, -0.05) is 6.07 Å². The minimum absolute atomic E-state index is 0.306. The maximum Gasteiger partial charge on any atom is 0.137 e. The molecule has 0 bridgehead atoms. The van der Waals surface area contributed by atoms with Crippen LogP contribution in [0.15, 0.2) is 22.7 Å². The Balaban J connectivity index is 2.95. The summed E-state index contributed by atoms with van der Waals surface area (Å²) in [6, 6.07) is 4.53. The first-order valence-electron chi connectivity index (χ1n) is 3.11. The zero-order valence-electron chi connectivity index (χ0n) is 5.68. The molecule has 0 aliphatic heterocycles. The average molecular weight is 217 g/mol. The van der Waals surface area contributed by atoms with Crippen molar-refractivity contribution < 1.29 is 9.18 Å². The molecule has 0 amide bonds. The van der Waals surface area contributed by atoms with Crippen molar-refractivity contribution in [2.75, 3.05) is 0 Å². The third kappa shape index (κ3) is 2.12. The van der Waals surface area contributed by atoms with Crippen molar-refractivity contribution in [3.05, 3.63) is 34.1 Å². The van der Waals surface area contributed by atoms with Crippen LogP contribution in [0.25, 0.3) is 0 Å². The highest BCUT2D eigenvalue weighted by Gasteiger charge is 1.98. The smallest absolute Gasteiger partial charge is 0.137 e. The fourth-order valence-corrected chi connectivity index (χ4v) is 1.19. The van der Waals surface area contributed by atoms with E-state index in [-0.39, 0.29) is 5.82 Å². The van der Waals surface area contributed by atoms with E-state index in [1.165, 1.54) is 6.07 Å². The summed E-state index contributed by atoms with van der Waals surface area (Å²) in [6.07, 6.45) is 1.12. The molecule has 0 fully saturated rings. The Morgan fingerprint density at radius 3 is 2.82 bits per heavy atom. The Labute approximate surface area is 72.4 Å². The topological polar surface area (TPSA) is 17.1 Å². The molecule has 0 saturated carbocycles. The number of benzene rings is 1. The van der Waals surface area contributed by atoms with E-state index in [4.69, 9.17) is 0 Å². The molecule has 0 aliphatic rings. The van der Waals surface area contributed by atoms with E-state index in [2.05, 4.69) is 15.9 Å². The van der Waals surface area contributed by atoms with Crippen LogP contribution in [0.1, 0.15) is 5.56 Å². The van der Waals surface area contributed by atoms with Crippen LogP contribution in [0.3, 0.4) is 0 Å². The molecule has 1 aromatic rings. The molecule has 0 N–H and O–H groups in total. The van der Waals surface area contributed by atoms with Crippen LogP contribution < -0.4 is 0 Å². The van der Waals surface area contributed by atoms with Gasteiger partial charge in [-0.3, -0.25) is 0 Å². The molecule has 0 aliphatic carbocycles. The summed E-state index contributed by atoms with van der Waals surface area (Å²) < 4.78 is 13.0. The van der Waals surface area contributed by atoms with E-state index in [9.17, 15) is 9.18 Å². The predicted molar refractivity (Wildman–Crippen MR) is 43.9 cm³/mol. The summed E-state index contributed by atoms with van der Waals surface area (Å²) in [5.74, 6) is -0.306. The molecular weight excluding hydrogens is 211 g/mol. The van der Waals surface area contributed by atoms with Crippen LogP contribution in [0, 0.1) is 5.82 Å². The summed E-state index contributed by atoms with van der Waals surface area (Å²) in [7, 11) is 0. The van der Waals surface area contributed by atoms with Crippen molar-refractivity contribution in [2.24, 2.45) is 0 Å². The zero-order chi connectivity index (χ0) is 8.27. The van der Waals surface area contributed by atoms with Crippen LogP contribution >= 0.6 is 15.9 Å². The molecular formula is C8H6BrFO. The quantitative estimate of drug-likeness (QED) is 0.694. The zero-order valence-corrected chi connectivity index (χ0v) is 7.27. The van der Waals surface area contributed by atoms with E-state index in [0.717, 1.165) is 11.8 Å². The molecule has 1 aromatic carbocycles. The lowest BCUT2D eigenvalue weighted by Crippen LogP contribution is -1.86. The average Bonchev–Trinajstić information content (AvgIpc) is 1.98. The number of hydrogen-bond donors (Lipinski definition) is 0. The van der Waals surface area contributed by atoms with Gasteiger partial charge in [-0.25, -0.2) is 4.39 Å². The van der Waals surface area contributed by atoms with Gasteiger partial charge >= 0.3 is 0 Å². The Morgan fingerprint density at radius 1 is 1.55 bits per heavy atom. The number of rotatable bonds is 2. The lowest BCUT2D eigenvalue weighted by atomic mass is 10.2. The van der Waals surface area contributed by atoms with Crippen LogP contribution in [-0.2, 0) is 11.2 Å². The van der Waals surface area contributed by atoms with Crippen LogP contribution in [0.5, 0.6) is 0 Å². The predicted octanol–water partition coefficient (Wildman–Crippen LogP) is 2.33. The second-order valence-electron chi connectivity index (χ2n) is 2.12. The van der Waals surface area contributed by atoms with Gasteiger partial charge in [-0.15, -0.1) is 0 Å². The van der Waals surface area contributed by atoms with Gasteiger partial charge in [0, 0.05) is 6.42 Å². The molecule has 0 radical (unpaired) electrons. The van der Waals surface area contributed by atoms with Gasteiger partial charge in [0.15, 0.2) is 0 Å². The second-order valence-corrected chi connectivity index (χ2v) is 2.97. The molecule has 1 rings (SSSR count). The first kappa shape index (κ1) is 8.40. The lowest BCUT2D eigenvalue weighted by molar-refractivity contribution is -0.107. The van der Waals surface area contributed by atoms with Crippen molar-refractivity contribution in [1.29, 1.82) is 0 Å². The lowest BCUT2D eigenvalue weighted by Gasteiger charge is -1.96. The molecule has 11 heavy (non-hydrogen) atoms. The van der Waals surface area contributed by atoms with Gasteiger partial charge in [-0.2, -0.15) is 0 Å². The Morgan fingerprint density at radius 2 is 2.27 bits per heavy atom. The molecule has 58 valence electrons. The van der Waals surface area contributed by atoms with E-state index in [0.29, 0.717) is 10.9 Å². The monoisotopic (exact) mass is 216 g/mol. The van der Waals surface area contributed by atoms with Crippen LogP contribution in [0.4, 0.5) is 4.39 Å². The minimum Gasteiger partial charge on any atom is -0.303 e. The number of aldehydes is 1. The molecule has 3 heteroatoms. The van der Waals surface area contributed by atoms with Crippen molar-refractivity contribution in [3.63, 3.8) is 0 Å². The van der Waals surface area contributed by atoms with E-state index in [1.807, 2.05) is 0 Å². The highest BCUT2D eigenvalue weighted by atomic mass is 79.9. The molecule has 0 aromatic heterocycles. The molecule has 1 nitrogen and oxygen atoms in total. The SMILES string of the molecule is O=CCc1ccc(F)c(Br)c1. The van der Waals surface area contributed by atoms with Crippen molar-refractivity contribution in [3.8, 4) is 0 Å². The number of carbonyl (C=O) groups excluding carboxylic acids is 1. The standard InChI is InChI=1S/C8H6BrFO/c9-7-5-6(3-4-11)1-2-8(7)10/h1-2,4-5H,3H2. The normalized spacial score (nSPS) is 9.64. The van der Waals surface area contributed by atoms with Crippen molar-refractivity contribution in [2.45, 2.75) is 6.42 Å². The molecule has 0 atom stereocenters. The number of halogens is 2. The Kier molecular flexibility index (Phi) is 2.76. The van der Waals surface area contributed by atoms with Gasteiger partial charge in [-0.05, 0) is 33.6 Å². The van der Waals surface area contributed by atoms with Gasteiger partial charge in [0.05, 0.1) is 4.47 Å². The Hall–Kier alpha value is -0.700. The summed E-state index contributed by atoms with van der Waals surface area (Å²) in [5, 5.41) is 0. The van der Waals surface area contributed by atoms with Gasteiger partial charge < -0.3 is 4.79 Å². The van der Waals surface area contributed by atoms with Gasteiger partial charge in [0.25, 0.3) is 0 Å². The molecule has 0 unspecified atom stereocenters. The van der Waals surface area contributed by atoms with Crippen molar-refractivity contribution in [1.82, 2.24) is 0 Å². The fourth-order valence-electron chi connectivity index (χ4n) is 0.763. The summed E-state index contributed by atoms with van der Waals surface area (Å²) in [4.78, 5) is 10.1. The maximum atomic E-state index is 12.6. The third-order valence-electron chi connectivity index (χ3n) is 1.30. The van der Waals surface area contributed by atoms with E-state index >= 15 is 0 Å². The van der Waals surface area contributed by atoms with Crippen LogP contribution in [-0.4, -0.2) is 6.29 Å².